The Morgan fingerprint density at radius 1 is 1.14 bits per heavy atom. The molecule has 1 aliphatic rings. The predicted octanol–water partition coefficient (Wildman–Crippen LogP) is 3.11. The van der Waals surface area contributed by atoms with E-state index in [0.29, 0.717) is 42.6 Å². The van der Waals surface area contributed by atoms with E-state index in [-0.39, 0.29) is 5.91 Å². The fraction of sp³-hybridized carbons (Fsp3) is 0.235. The van der Waals surface area contributed by atoms with Crippen LogP contribution in [-0.4, -0.2) is 25.7 Å². The highest BCUT2D eigenvalue weighted by Gasteiger charge is 2.15. The highest BCUT2D eigenvalue weighted by molar-refractivity contribution is 6.04. The molecule has 0 fully saturated rings. The van der Waals surface area contributed by atoms with Crippen molar-refractivity contribution in [3.63, 3.8) is 0 Å². The fourth-order valence-corrected chi connectivity index (χ4v) is 2.22. The Morgan fingerprint density at radius 2 is 1.95 bits per heavy atom. The van der Waals surface area contributed by atoms with E-state index in [9.17, 15) is 4.79 Å². The highest BCUT2D eigenvalue weighted by Crippen LogP contribution is 2.31. The van der Waals surface area contributed by atoms with E-state index in [1.807, 2.05) is 25.1 Å². The van der Waals surface area contributed by atoms with Crippen molar-refractivity contribution in [3.05, 3.63) is 48.0 Å². The molecule has 114 valence electrons. The smallest absolute Gasteiger partial charge is 0.255 e. The van der Waals surface area contributed by atoms with Gasteiger partial charge in [0.05, 0.1) is 6.61 Å². The van der Waals surface area contributed by atoms with Crippen molar-refractivity contribution in [3.8, 4) is 17.2 Å². The Labute approximate surface area is 128 Å². The number of ether oxygens (including phenoxy) is 3. The van der Waals surface area contributed by atoms with Crippen LogP contribution in [0.3, 0.4) is 0 Å². The molecule has 0 aliphatic carbocycles. The van der Waals surface area contributed by atoms with Crippen LogP contribution in [0.1, 0.15) is 17.3 Å². The molecule has 0 unspecified atom stereocenters. The Bertz CT molecular complexity index is 684. The number of amides is 1. The van der Waals surface area contributed by atoms with E-state index in [0.717, 1.165) is 5.75 Å². The standard InChI is InChI=1S/C17H17NO4/c1-2-20-14-5-3-4-13(11-14)18-17(19)12-6-7-15-16(10-12)22-9-8-21-15/h3-7,10-11H,2,8-9H2,1H3,(H,18,19). The van der Waals surface area contributed by atoms with Gasteiger partial charge in [0, 0.05) is 17.3 Å². The molecule has 0 aromatic heterocycles. The number of hydrogen-bond acceptors (Lipinski definition) is 4. The Hall–Kier alpha value is -2.69. The first-order chi connectivity index (χ1) is 10.8. The maximum absolute atomic E-state index is 12.3. The van der Waals surface area contributed by atoms with Gasteiger partial charge < -0.3 is 19.5 Å². The monoisotopic (exact) mass is 299 g/mol. The molecule has 0 saturated heterocycles. The zero-order valence-corrected chi connectivity index (χ0v) is 12.3. The molecule has 0 bridgehead atoms. The number of benzene rings is 2. The molecule has 2 aromatic rings. The number of carbonyl (C=O) groups excluding carboxylic acids is 1. The molecule has 5 nitrogen and oxygen atoms in total. The van der Waals surface area contributed by atoms with Gasteiger partial charge in [-0.25, -0.2) is 0 Å². The van der Waals surface area contributed by atoms with Crippen LogP contribution in [0.15, 0.2) is 42.5 Å². The number of fused-ring (bicyclic) bond motifs is 1. The molecule has 2 aromatic carbocycles. The number of anilines is 1. The maximum Gasteiger partial charge on any atom is 0.255 e. The summed E-state index contributed by atoms with van der Waals surface area (Å²) in [4.78, 5) is 12.3. The molecule has 5 heteroatoms. The van der Waals surface area contributed by atoms with Gasteiger partial charge in [-0.3, -0.25) is 4.79 Å². The summed E-state index contributed by atoms with van der Waals surface area (Å²) >= 11 is 0. The van der Waals surface area contributed by atoms with E-state index < -0.39 is 0 Å². The minimum absolute atomic E-state index is 0.203. The summed E-state index contributed by atoms with van der Waals surface area (Å²) < 4.78 is 16.4. The molecular formula is C17H17NO4. The fourth-order valence-electron chi connectivity index (χ4n) is 2.22. The van der Waals surface area contributed by atoms with Gasteiger partial charge in [-0.1, -0.05) is 6.07 Å². The Kier molecular flexibility index (Phi) is 4.14. The van der Waals surface area contributed by atoms with Gasteiger partial charge >= 0.3 is 0 Å². The molecule has 1 N–H and O–H groups in total. The lowest BCUT2D eigenvalue weighted by molar-refractivity contribution is 0.102. The van der Waals surface area contributed by atoms with Crippen molar-refractivity contribution in [2.24, 2.45) is 0 Å². The lowest BCUT2D eigenvalue weighted by Gasteiger charge is -2.18. The van der Waals surface area contributed by atoms with Gasteiger partial charge in [0.1, 0.15) is 19.0 Å². The van der Waals surface area contributed by atoms with E-state index >= 15 is 0 Å². The quantitative estimate of drug-likeness (QED) is 0.942. The first-order valence-electron chi connectivity index (χ1n) is 7.20. The zero-order chi connectivity index (χ0) is 15.4. The molecule has 0 atom stereocenters. The second kappa shape index (κ2) is 6.39. The van der Waals surface area contributed by atoms with Crippen LogP contribution < -0.4 is 19.5 Å². The topological polar surface area (TPSA) is 56.8 Å². The van der Waals surface area contributed by atoms with E-state index in [1.54, 1.807) is 24.3 Å². The first-order valence-corrected chi connectivity index (χ1v) is 7.20. The lowest BCUT2D eigenvalue weighted by atomic mass is 10.1. The van der Waals surface area contributed by atoms with Crippen LogP contribution in [0.25, 0.3) is 0 Å². The molecule has 1 amide bonds. The molecule has 3 rings (SSSR count). The summed E-state index contributed by atoms with van der Waals surface area (Å²) in [6.07, 6.45) is 0. The summed E-state index contributed by atoms with van der Waals surface area (Å²) in [6.45, 7) is 3.53. The van der Waals surface area contributed by atoms with Crippen molar-refractivity contribution < 1.29 is 19.0 Å². The molecule has 1 aliphatic heterocycles. The molecule has 0 radical (unpaired) electrons. The molecule has 22 heavy (non-hydrogen) atoms. The largest absolute Gasteiger partial charge is 0.494 e. The number of nitrogens with one attached hydrogen (secondary N) is 1. The molecule has 1 heterocycles. The minimum Gasteiger partial charge on any atom is -0.494 e. The lowest BCUT2D eigenvalue weighted by Crippen LogP contribution is -2.17. The Balaban J connectivity index is 1.75. The molecule has 0 saturated carbocycles. The third-order valence-electron chi connectivity index (χ3n) is 3.21. The summed E-state index contributed by atoms with van der Waals surface area (Å²) in [6, 6.07) is 12.5. The van der Waals surface area contributed by atoms with Gasteiger partial charge in [-0.05, 0) is 37.3 Å². The van der Waals surface area contributed by atoms with Gasteiger partial charge in [-0.15, -0.1) is 0 Å². The molecular weight excluding hydrogens is 282 g/mol. The van der Waals surface area contributed by atoms with Gasteiger partial charge in [-0.2, -0.15) is 0 Å². The normalized spacial score (nSPS) is 12.6. The number of hydrogen-bond donors (Lipinski definition) is 1. The Morgan fingerprint density at radius 3 is 2.77 bits per heavy atom. The van der Waals surface area contributed by atoms with Crippen molar-refractivity contribution in [2.75, 3.05) is 25.1 Å². The maximum atomic E-state index is 12.3. The van der Waals surface area contributed by atoms with Crippen LogP contribution in [-0.2, 0) is 0 Å². The summed E-state index contributed by atoms with van der Waals surface area (Å²) in [5.74, 6) is 1.79. The second-order valence-corrected chi connectivity index (χ2v) is 4.77. The SMILES string of the molecule is CCOc1cccc(NC(=O)c2ccc3c(c2)OCCO3)c1. The number of rotatable bonds is 4. The van der Waals surface area contributed by atoms with Crippen LogP contribution in [0.5, 0.6) is 17.2 Å². The van der Waals surface area contributed by atoms with E-state index in [4.69, 9.17) is 14.2 Å². The average Bonchev–Trinajstić information content (AvgIpc) is 2.55. The second-order valence-electron chi connectivity index (χ2n) is 4.77. The van der Waals surface area contributed by atoms with Gasteiger partial charge in [0.15, 0.2) is 11.5 Å². The minimum atomic E-state index is -0.203. The van der Waals surface area contributed by atoms with Crippen LogP contribution in [0.2, 0.25) is 0 Å². The average molecular weight is 299 g/mol. The highest BCUT2D eigenvalue weighted by atomic mass is 16.6. The van der Waals surface area contributed by atoms with Crippen molar-refractivity contribution >= 4 is 11.6 Å². The third kappa shape index (κ3) is 3.14. The van der Waals surface area contributed by atoms with Crippen molar-refractivity contribution in [2.45, 2.75) is 6.92 Å². The van der Waals surface area contributed by atoms with E-state index in [1.165, 1.54) is 0 Å². The van der Waals surface area contributed by atoms with Crippen LogP contribution >= 0.6 is 0 Å². The first kappa shape index (κ1) is 14.3. The van der Waals surface area contributed by atoms with Crippen LogP contribution in [0, 0.1) is 0 Å². The van der Waals surface area contributed by atoms with Crippen molar-refractivity contribution in [1.29, 1.82) is 0 Å². The summed E-state index contributed by atoms with van der Waals surface area (Å²) in [7, 11) is 0. The number of carbonyl (C=O) groups is 1. The van der Waals surface area contributed by atoms with Gasteiger partial charge in [0.25, 0.3) is 5.91 Å². The van der Waals surface area contributed by atoms with Gasteiger partial charge in [0.2, 0.25) is 0 Å². The van der Waals surface area contributed by atoms with Crippen molar-refractivity contribution in [1.82, 2.24) is 0 Å². The van der Waals surface area contributed by atoms with Crippen LogP contribution in [0.4, 0.5) is 5.69 Å². The zero-order valence-electron chi connectivity index (χ0n) is 12.3. The summed E-state index contributed by atoms with van der Waals surface area (Å²) in [5, 5.41) is 2.85. The summed E-state index contributed by atoms with van der Waals surface area (Å²) in [5.41, 5.74) is 1.21. The predicted molar refractivity (Wildman–Crippen MR) is 83.0 cm³/mol. The molecule has 0 spiro atoms. The van der Waals surface area contributed by atoms with E-state index in [2.05, 4.69) is 5.32 Å². The third-order valence-corrected chi connectivity index (χ3v) is 3.21.